The molecule has 0 bridgehead atoms. The maximum Gasteiger partial charge on any atom is 0.251 e. The van der Waals surface area contributed by atoms with Gasteiger partial charge in [0.2, 0.25) is 5.91 Å². The number of rotatable bonds is 3. The molecule has 0 aliphatic heterocycles. The van der Waals surface area contributed by atoms with Gasteiger partial charge >= 0.3 is 0 Å². The Morgan fingerprint density at radius 2 is 2.05 bits per heavy atom. The highest BCUT2D eigenvalue weighted by molar-refractivity contribution is 5.76. The highest BCUT2D eigenvalue weighted by Crippen LogP contribution is 2.21. The fraction of sp³-hybridized carbons (Fsp3) is 0.600. The maximum absolute atomic E-state index is 12.2. The minimum absolute atomic E-state index is 0.0258. The molecule has 4 nitrogen and oxygen atoms in total. The van der Waals surface area contributed by atoms with Gasteiger partial charge in [0, 0.05) is 25.4 Å². The molecule has 1 aliphatic carbocycles. The number of aromatic nitrogens is 1. The van der Waals surface area contributed by atoms with Crippen LogP contribution in [0.4, 0.5) is 0 Å². The summed E-state index contributed by atoms with van der Waals surface area (Å²) in [6.07, 6.45) is 7.55. The van der Waals surface area contributed by atoms with Crippen molar-refractivity contribution in [3.63, 3.8) is 0 Å². The van der Waals surface area contributed by atoms with Crippen LogP contribution in [0.5, 0.6) is 0 Å². The Labute approximate surface area is 114 Å². The van der Waals surface area contributed by atoms with Crippen LogP contribution in [0.25, 0.3) is 0 Å². The van der Waals surface area contributed by atoms with Crippen molar-refractivity contribution in [2.75, 3.05) is 7.05 Å². The Bertz CT molecular complexity index is 501. The molecule has 2 rings (SSSR count). The van der Waals surface area contributed by atoms with Crippen molar-refractivity contribution in [1.29, 1.82) is 0 Å². The van der Waals surface area contributed by atoms with Crippen LogP contribution in [-0.4, -0.2) is 28.5 Å². The van der Waals surface area contributed by atoms with E-state index in [4.69, 9.17) is 0 Å². The number of pyridine rings is 1. The lowest BCUT2D eigenvalue weighted by atomic mass is 9.94. The SMILES string of the molecule is Cc1ccn(CC(=O)N(C)C2CCCCC2)c(=O)c1. The fourth-order valence-electron chi connectivity index (χ4n) is 2.67. The molecule has 1 aromatic heterocycles. The van der Waals surface area contributed by atoms with Crippen LogP contribution < -0.4 is 5.56 Å². The number of hydrogen-bond donors (Lipinski definition) is 0. The van der Waals surface area contributed by atoms with Crippen molar-refractivity contribution in [3.05, 3.63) is 34.2 Å². The molecule has 0 N–H and O–H groups in total. The summed E-state index contributed by atoms with van der Waals surface area (Å²) in [5.74, 6) is 0.0258. The Kier molecular flexibility index (Phi) is 4.40. The summed E-state index contributed by atoms with van der Waals surface area (Å²) >= 11 is 0. The maximum atomic E-state index is 12.2. The largest absolute Gasteiger partial charge is 0.341 e. The molecule has 1 fully saturated rings. The predicted molar refractivity (Wildman–Crippen MR) is 75.1 cm³/mol. The number of likely N-dealkylation sites (N-methyl/N-ethyl adjacent to an activating group) is 1. The van der Waals surface area contributed by atoms with Crippen molar-refractivity contribution in [2.45, 2.75) is 51.6 Å². The molecular formula is C15H22N2O2. The van der Waals surface area contributed by atoms with E-state index < -0.39 is 0 Å². The van der Waals surface area contributed by atoms with E-state index in [2.05, 4.69) is 0 Å². The molecule has 0 aromatic carbocycles. The van der Waals surface area contributed by atoms with Gasteiger partial charge in [0.25, 0.3) is 5.56 Å². The molecule has 104 valence electrons. The Morgan fingerprint density at radius 1 is 1.37 bits per heavy atom. The number of carbonyl (C=O) groups is 1. The molecule has 1 saturated carbocycles. The van der Waals surface area contributed by atoms with Crippen molar-refractivity contribution < 1.29 is 4.79 Å². The van der Waals surface area contributed by atoms with Gasteiger partial charge in [-0.05, 0) is 31.4 Å². The van der Waals surface area contributed by atoms with Crippen molar-refractivity contribution in [1.82, 2.24) is 9.47 Å². The van der Waals surface area contributed by atoms with Crippen molar-refractivity contribution in [3.8, 4) is 0 Å². The summed E-state index contributed by atoms with van der Waals surface area (Å²) in [7, 11) is 1.86. The van der Waals surface area contributed by atoms with Gasteiger partial charge in [-0.3, -0.25) is 9.59 Å². The third-order valence-corrected chi connectivity index (χ3v) is 3.97. The summed E-state index contributed by atoms with van der Waals surface area (Å²) in [6.45, 7) is 2.02. The lowest BCUT2D eigenvalue weighted by molar-refractivity contribution is -0.133. The van der Waals surface area contributed by atoms with Crippen LogP contribution in [0, 0.1) is 6.92 Å². The van der Waals surface area contributed by atoms with E-state index in [1.54, 1.807) is 12.3 Å². The second-order valence-electron chi connectivity index (χ2n) is 5.47. The summed E-state index contributed by atoms with van der Waals surface area (Å²) in [4.78, 5) is 25.8. The molecule has 0 saturated heterocycles. The van der Waals surface area contributed by atoms with Crippen LogP contribution in [0.3, 0.4) is 0 Å². The molecule has 1 amide bonds. The van der Waals surface area contributed by atoms with Gasteiger partial charge in [0.1, 0.15) is 6.54 Å². The Balaban J connectivity index is 2.01. The van der Waals surface area contributed by atoms with E-state index >= 15 is 0 Å². The average molecular weight is 262 g/mol. The van der Waals surface area contributed by atoms with E-state index in [1.165, 1.54) is 23.8 Å². The molecule has 0 atom stereocenters. The van der Waals surface area contributed by atoms with Gasteiger partial charge in [0.05, 0.1) is 0 Å². The summed E-state index contributed by atoms with van der Waals surface area (Å²) in [6, 6.07) is 3.77. The molecule has 4 heteroatoms. The first-order valence-electron chi connectivity index (χ1n) is 7.00. The number of hydrogen-bond acceptors (Lipinski definition) is 2. The van der Waals surface area contributed by atoms with Crippen LogP contribution in [0.15, 0.2) is 23.1 Å². The lowest BCUT2D eigenvalue weighted by Crippen LogP contribution is -2.41. The second-order valence-corrected chi connectivity index (χ2v) is 5.47. The molecule has 0 unspecified atom stereocenters. The smallest absolute Gasteiger partial charge is 0.251 e. The Morgan fingerprint density at radius 3 is 2.68 bits per heavy atom. The third-order valence-electron chi connectivity index (χ3n) is 3.97. The van der Waals surface area contributed by atoms with Crippen LogP contribution >= 0.6 is 0 Å². The molecule has 19 heavy (non-hydrogen) atoms. The Hall–Kier alpha value is -1.58. The van der Waals surface area contributed by atoms with Crippen molar-refractivity contribution in [2.24, 2.45) is 0 Å². The highest BCUT2D eigenvalue weighted by atomic mass is 16.2. The first-order chi connectivity index (χ1) is 9.08. The molecule has 0 spiro atoms. The van der Waals surface area contributed by atoms with Crippen LogP contribution in [0.1, 0.15) is 37.7 Å². The van der Waals surface area contributed by atoms with Crippen LogP contribution in [0.2, 0.25) is 0 Å². The topological polar surface area (TPSA) is 42.3 Å². The van der Waals surface area contributed by atoms with Gasteiger partial charge in [-0.1, -0.05) is 19.3 Å². The fourth-order valence-corrected chi connectivity index (χ4v) is 2.67. The third kappa shape index (κ3) is 3.46. The molecule has 0 radical (unpaired) electrons. The number of nitrogens with zero attached hydrogens (tertiary/aromatic N) is 2. The monoisotopic (exact) mass is 262 g/mol. The minimum atomic E-state index is -0.106. The first-order valence-corrected chi connectivity index (χ1v) is 7.00. The first kappa shape index (κ1) is 13.8. The van der Waals surface area contributed by atoms with Gasteiger partial charge in [-0.2, -0.15) is 0 Å². The van der Waals surface area contributed by atoms with Gasteiger partial charge < -0.3 is 9.47 Å². The van der Waals surface area contributed by atoms with E-state index in [-0.39, 0.29) is 18.0 Å². The van der Waals surface area contributed by atoms with E-state index in [9.17, 15) is 9.59 Å². The zero-order valence-electron chi connectivity index (χ0n) is 11.8. The van der Waals surface area contributed by atoms with E-state index in [1.807, 2.05) is 24.9 Å². The quantitative estimate of drug-likeness (QED) is 0.835. The summed E-state index contributed by atoms with van der Waals surface area (Å²) in [5.41, 5.74) is 0.819. The number of carbonyl (C=O) groups excluding carboxylic acids is 1. The minimum Gasteiger partial charge on any atom is -0.341 e. The van der Waals surface area contributed by atoms with Gasteiger partial charge in [0.15, 0.2) is 0 Å². The second kappa shape index (κ2) is 6.04. The molecule has 1 heterocycles. The van der Waals surface area contributed by atoms with E-state index in [0.29, 0.717) is 6.04 Å². The molecule has 1 aliphatic rings. The highest BCUT2D eigenvalue weighted by Gasteiger charge is 2.22. The normalized spacial score (nSPS) is 16.3. The predicted octanol–water partition coefficient (Wildman–Crippen LogP) is 1.95. The average Bonchev–Trinajstić information content (AvgIpc) is 2.42. The standard InChI is InChI=1S/C15H22N2O2/c1-12-8-9-17(14(18)10-12)11-15(19)16(2)13-6-4-3-5-7-13/h8-10,13H,3-7,11H2,1-2H3. The zero-order valence-corrected chi connectivity index (χ0v) is 11.8. The molecule has 1 aromatic rings. The number of aryl methyl sites for hydroxylation is 1. The van der Waals surface area contributed by atoms with Crippen LogP contribution in [-0.2, 0) is 11.3 Å². The molecular weight excluding hydrogens is 240 g/mol. The lowest BCUT2D eigenvalue weighted by Gasteiger charge is -2.31. The zero-order chi connectivity index (χ0) is 13.8. The van der Waals surface area contributed by atoms with Crippen molar-refractivity contribution >= 4 is 5.91 Å². The van der Waals surface area contributed by atoms with Gasteiger partial charge in [-0.15, -0.1) is 0 Å². The van der Waals surface area contributed by atoms with E-state index in [0.717, 1.165) is 18.4 Å². The van der Waals surface area contributed by atoms with Gasteiger partial charge in [-0.25, -0.2) is 0 Å². The summed E-state index contributed by atoms with van der Waals surface area (Å²) in [5, 5.41) is 0. The summed E-state index contributed by atoms with van der Waals surface area (Å²) < 4.78 is 1.48. The number of amides is 1.